The molecule has 0 aromatic heterocycles. The highest BCUT2D eigenvalue weighted by Crippen LogP contribution is 2.07. The van der Waals surface area contributed by atoms with Gasteiger partial charge in [0.15, 0.2) is 9.84 Å². The normalized spacial score (nSPS) is 14.6. The quantitative estimate of drug-likeness (QED) is 0.697. The fourth-order valence-corrected chi connectivity index (χ4v) is 1.99. The molecule has 0 rings (SSSR count). The Morgan fingerprint density at radius 1 is 1.44 bits per heavy atom. The van der Waals surface area contributed by atoms with Crippen LogP contribution in [0.15, 0.2) is 0 Å². The van der Waals surface area contributed by atoms with Gasteiger partial charge in [0.05, 0.1) is 5.25 Å². The first kappa shape index (κ1) is 15.4. The summed E-state index contributed by atoms with van der Waals surface area (Å²) in [5.41, 5.74) is 4.90. The first-order chi connectivity index (χ1) is 7.14. The monoisotopic (exact) mass is 250 g/mol. The van der Waals surface area contributed by atoms with E-state index in [2.05, 4.69) is 5.32 Å². The molecule has 96 valence electrons. The molecule has 0 bridgehead atoms. The number of sulfone groups is 1. The van der Waals surface area contributed by atoms with Crippen LogP contribution >= 0.6 is 0 Å². The Morgan fingerprint density at radius 2 is 1.94 bits per heavy atom. The van der Waals surface area contributed by atoms with E-state index in [1.807, 2.05) is 20.8 Å². The van der Waals surface area contributed by atoms with Gasteiger partial charge in [-0.1, -0.05) is 6.92 Å². The number of hydrogen-bond acceptors (Lipinski definition) is 4. The van der Waals surface area contributed by atoms with Crippen LogP contribution in [0.1, 0.15) is 34.1 Å². The summed E-state index contributed by atoms with van der Waals surface area (Å²) >= 11 is 0. The van der Waals surface area contributed by atoms with Crippen LogP contribution in [-0.2, 0) is 14.6 Å². The highest BCUT2D eigenvalue weighted by Gasteiger charge is 2.26. The van der Waals surface area contributed by atoms with Crippen molar-refractivity contribution in [2.45, 2.75) is 44.9 Å². The summed E-state index contributed by atoms with van der Waals surface area (Å²) < 4.78 is 23.2. The molecule has 5 nitrogen and oxygen atoms in total. The largest absolute Gasteiger partial charge is 0.350 e. The Hall–Kier alpha value is -0.620. The van der Waals surface area contributed by atoms with Gasteiger partial charge in [-0.3, -0.25) is 4.79 Å². The topological polar surface area (TPSA) is 89.3 Å². The molecule has 0 aliphatic carbocycles. The van der Waals surface area contributed by atoms with Crippen LogP contribution in [0.5, 0.6) is 0 Å². The van der Waals surface area contributed by atoms with E-state index in [9.17, 15) is 13.2 Å². The number of amides is 1. The van der Waals surface area contributed by atoms with Crippen LogP contribution in [0, 0.1) is 0 Å². The van der Waals surface area contributed by atoms with E-state index in [-0.39, 0.29) is 12.1 Å². The smallest absolute Gasteiger partial charge is 0.235 e. The number of rotatable bonds is 6. The summed E-state index contributed by atoms with van der Waals surface area (Å²) in [5, 5.41) is 2.00. The number of carbonyl (C=O) groups is 1. The molecule has 1 amide bonds. The van der Waals surface area contributed by atoms with E-state index in [1.165, 1.54) is 6.92 Å². The third-order valence-corrected chi connectivity index (χ3v) is 4.72. The lowest BCUT2D eigenvalue weighted by molar-refractivity contribution is -0.120. The van der Waals surface area contributed by atoms with Gasteiger partial charge in [-0.25, -0.2) is 8.42 Å². The zero-order valence-corrected chi connectivity index (χ0v) is 11.2. The van der Waals surface area contributed by atoms with Crippen molar-refractivity contribution in [2.24, 2.45) is 5.73 Å². The molecule has 3 N–H and O–H groups in total. The van der Waals surface area contributed by atoms with Gasteiger partial charge in [-0.2, -0.15) is 0 Å². The fourth-order valence-electron chi connectivity index (χ4n) is 0.973. The first-order valence-corrected chi connectivity index (χ1v) is 7.09. The van der Waals surface area contributed by atoms with Gasteiger partial charge in [0.25, 0.3) is 0 Å². The minimum absolute atomic E-state index is 0.0345. The van der Waals surface area contributed by atoms with Crippen molar-refractivity contribution < 1.29 is 13.2 Å². The molecular formula is C10H22N2O3S. The minimum Gasteiger partial charge on any atom is -0.350 e. The minimum atomic E-state index is -3.43. The van der Waals surface area contributed by atoms with Crippen molar-refractivity contribution in [2.75, 3.05) is 12.3 Å². The molecule has 0 radical (unpaired) electrons. The van der Waals surface area contributed by atoms with Crippen LogP contribution in [-0.4, -0.2) is 37.4 Å². The molecule has 1 unspecified atom stereocenters. The van der Waals surface area contributed by atoms with Crippen molar-refractivity contribution in [3.05, 3.63) is 0 Å². The molecule has 0 spiro atoms. The average molecular weight is 250 g/mol. The van der Waals surface area contributed by atoms with Crippen LogP contribution in [0.3, 0.4) is 0 Å². The maximum absolute atomic E-state index is 11.6. The molecule has 0 heterocycles. The summed E-state index contributed by atoms with van der Waals surface area (Å²) in [5.74, 6) is -0.957. The standard InChI is InChI=1S/C10H22N2O3S/c1-5-10(3,4)12-9(13)7-16(14,15)8(2)6-11/h8H,5-7,11H2,1-4H3,(H,12,13). The van der Waals surface area contributed by atoms with Crippen molar-refractivity contribution in [1.82, 2.24) is 5.32 Å². The van der Waals surface area contributed by atoms with Crippen LogP contribution in [0.2, 0.25) is 0 Å². The Kier molecular flexibility index (Phi) is 5.41. The molecule has 0 fully saturated rings. The summed E-state index contributed by atoms with van der Waals surface area (Å²) in [7, 11) is -3.43. The van der Waals surface area contributed by atoms with Gasteiger partial charge < -0.3 is 11.1 Å². The number of nitrogens with one attached hydrogen (secondary N) is 1. The zero-order chi connectivity index (χ0) is 13.0. The van der Waals surface area contributed by atoms with Crippen molar-refractivity contribution in [1.29, 1.82) is 0 Å². The molecule has 0 aliphatic rings. The lowest BCUT2D eigenvalue weighted by Gasteiger charge is -2.24. The number of hydrogen-bond donors (Lipinski definition) is 2. The first-order valence-electron chi connectivity index (χ1n) is 5.37. The maximum Gasteiger partial charge on any atom is 0.235 e. The molecule has 0 aromatic carbocycles. The predicted molar refractivity (Wildman–Crippen MR) is 64.8 cm³/mol. The zero-order valence-electron chi connectivity index (χ0n) is 10.4. The second-order valence-corrected chi connectivity index (χ2v) is 7.06. The maximum atomic E-state index is 11.6. The fraction of sp³-hybridized carbons (Fsp3) is 0.900. The van der Waals surface area contributed by atoms with Crippen molar-refractivity contribution in [3.8, 4) is 0 Å². The van der Waals surface area contributed by atoms with E-state index >= 15 is 0 Å². The number of carbonyl (C=O) groups excluding carboxylic acids is 1. The van der Waals surface area contributed by atoms with E-state index in [0.717, 1.165) is 6.42 Å². The SMILES string of the molecule is CCC(C)(C)NC(=O)CS(=O)(=O)C(C)CN. The molecule has 0 aliphatic heterocycles. The van der Waals surface area contributed by atoms with Gasteiger partial charge in [-0.05, 0) is 27.2 Å². The van der Waals surface area contributed by atoms with Crippen LogP contribution < -0.4 is 11.1 Å². The predicted octanol–water partition coefficient (Wildman–Crippen LogP) is 0.0532. The van der Waals surface area contributed by atoms with Gasteiger partial charge in [0.1, 0.15) is 5.75 Å². The van der Waals surface area contributed by atoms with Crippen molar-refractivity contribution >= 4 is 15.7 Å². The molecule has 0 aromatic rings. The lowest BCUT2D eigenvalue weighted by atomic mass is 10.0. The molecule has 1 atom stereocenters. The number of nitrogens with two attached hydrogens (primary N) is 1. The summed E-state index contributed by atoms with van der Waals surface area (Å²) in [6.07, 6.45) is 0.741. The third-order valence-electron chi connectivity index (χ3n) is 2.64. The molecular weight excluding hydrogens is 228 g/mol. The average Bonchev–Trinajstić information content (AvgIpc) is 2.14. The van der Waals surface area contributed by atoms with E-state index in [0.29, 0.717) is 0 Å². The molecule has 6 heteroatoms. The highest BCUT2D eigenvalue weighted by atomic mass is 32.2. The second kappa shape index (κ2) is 5.63. The van der Waals surface area contributed by atoms with Gasteiger partial charge in [0.2, 0.25) is 5.91 Å². The lowest BCUT2D eigenvalue weighted by Crippen LogP contribution is -2.46. The Bertz CT molecular complexity index is 336. The Morgan fingerprint density at radius 3 is 2.31 bits per heavy atom. The van der Waals surface area contributed by atoms with E-state index in [4.69, 9.17) is 5.73 Å². The third kappa shape index (κ3) is 4.94. The molecule has 0 saturated heterocycles. The molecule has 0 saturated carbocycles. The summed E-state index contributed by atoms with van der Waals surface area (Å²) in [6, 6.07) is 0. The summed E-state index contributed by atoms with van der Waals surface area (Å²) in [4.78, 5) is 11.5. The Labute approximate surface area is 97.7 Å². The van der Waals surface area contributed by atoms with Gasteiger partial charge in [0, 0.05) is 12.1 Å². The van der Waals surface area contributed by atoms with Crippen LogP contribution in [0.25, 0.3) is 0 Å². The highest BCUT2D eigenvalue weighted by molar-refractivity contribution is 7.92. The van der Waals surface area contributed by atoms with Crippen LogP contribution in [0.4, 0.5) is 0 Å². The van der Waals surface area contributed by atoms with Gasteiger partial charge in [-0.15, -0.1) is 0 Å². The van der Waals surface area contributed by atoms with Gasteiger partial charge >= 0.3 is 0 Å². The van der Waals surface area contributed by atoms with E-state index < -0.39 is 26.7 Å². The second-order valence-electron chi connectivity index (χ2n) is 4.64. The van der Waals surface area contributed by atoms with E-state index in [1.54, 1.807) is 0 Å². The Balaban J connectivity index is 4.48. The summed E-state index contributed by atoms with van der Waals surface area (Å²) in [6.45, 7) is 7.17. The van der Waals surface area contributed by atoms with Crippen molar-refractivity contribution in [3.63, 3.8) is 0 Å². The molecule has 16 heavy (non-hydrogen) atoms.